The normalized spacial score (nSPS) is 23.4. The summed E-state index contributed by atoms with van der Waals surface area (Å²) in [5.41, 5.74) is 7.45. The molecule has 2 aliphatic heterocycles. The fourth-order valence-corrected chi connectivity index (χ4v) is 3.36. The first kappa shape index (κ1) is 13.6. The lowest BCUT2D eigenvalue weighted by atomic mass is 10.1. The molecule has 1 unspecified atom stereocenters. The molecule has 1 aromatic rings. The zero-order chi connectivity index (χ0) is 13.9. The standard InChI is InChI=1S/C16H23N3O/c17-11-13-4-6-14(7-5-13)16(20)19-10-2-9-18-8-1-3-15(18)12-19/h4-7,15H,1-3,8-12,17H2. The minimum absolute atomic E-state index is 0.169. The van der Waals surface area contributed by atoms with Crippen molar-refractivity contribution in [3.05, 3.63) is 35.4 Å². The van der Waals surface area contributed by atoms with E-state index in [1.165, 1.54) is 19.4 Å². The Morgan fingerprint density at radius 3 is 2.65 bits per heavy atom. The Balaban J connectivity index is 1.71. The quantitative estimate of drug-likeness (QED) is 0.887. The van der Waals surface area contributed by atoms with Gasteiger partial charge in [-0.15, -0.1) is 0 Å². The molecular formula is C16H23N3O. The van der Waals surface area contributed by atoms with Gasteiger partial charge in [-0.3, -0.25) is 9.69 Å². The van der Waals surface area contributed by atoms with E-state index in [0.29, 0.717) is 12.6 Å². The molecule has 1 amide bonds. The lowest BCUT2D eigenvalue weighted by molar-refractivity contribution is 0.0743. The number of rotatable bonds is 2. The molecule has 0 radical (unpaired) electrons. The molecule has 0 aliphatic carbocycles. The summed E-state index contributed by atoms with van der Waals surface area (Å²) in [5.74, 6) is 0.169. The summed E-state index contributed by atoms with van der Waals surface area (Å²) in [7, 11) is 0. The van der Waals surface area contributed by atoms with E-state index in [1.54, 1.807) is 0 Å². The molecule has 2 saturated heterocycles. The Bertz CT molecular complexity index is 471. The Labute approximate surface area is 120 Å². The van der Waals surface area contributed by atoms with E-state index in [9.17, 15) is 4.79 Å². The van der Waals surface area contributed by atoms with Crippen LogP contribution in [0.4, 0.5) is 0 Å². The van der Waals surface area contributed by atoms with Crippen molar-refractivity contribution in [1.82, 2.24) is 9.80 Å². The largest absolute Gasteiger partial charge is 0.337 e. The lowest BCUT2D eigenvalue weighted by Gasteiger charge is -2.25. The summed E-state index contributed by atoms with van der Waals surface area (Å²) in [5, 5.41) is 0. The third-order valence-corrected chi connectivity index (χ3v) is 4.53. The molecule has 2 heterocycles. The highest BCUT2D eigenvalue weighted by Crippen LogP contribution is 2.22. The molecule has 3 rings (SSSR count). The minimum atomic E-state index is 0.169. The highest BCUT2D eigenvalue weighted by Gasteiger charge is 2.30. The van der Waals surface area contributed by atoms with E-state index in [4.69, 9.17) is 5.73 Å². The number of hydrogen-bond acceptors (Lipinski definition) is 3. The maximum Gasteiger partial charge on any atom is 0.253 e. The molecule has 4 nitrogen and oxygen atoms in total. The van der Waals surface area contributed by atoms with Crippen molar-refractivity contribution in [1.29, 1.82) is 0 Å². The van der Waals surface area contributed by atoms with Crippen LogP contribution in [-0.4, -0.2) is 47.9 Å². The molecule has 1 atom stereocenters. The Kier molecular flexibility index (Phi) is 4.03. The molecular weight excluding hydrogens is 250 g/mol. The summed E-state index contributed by atoms with van der Waals surface area (Å²) in [6.07, 6.45) is 3.59. The van der Waals surface area contributed by atoms with E-state index >= 15 is 0 Å². The number of carbonyl (C=O) groups is 1. The van der Waals surface area contributed by atoms with E-state index in [-0.39, 0.29) is 5.91 Å². The number of nitrogens with zero attached hydrogens (tertiary/aromatic N) is 2. The van der Waals surface area contributed by atoms with Gasteiger partial charge in [-0.05, 0) is 43.5 Å². The van der Waals surface area contributed by atoms with Crippen LogP contribution < -0.4 is 5.73 Å². The number of nitrogens with two attached hydrogens (primary N) is 1. The van der Waals surface area contributed by atoms with Crippen molar-refractivity contribution < 1.29 is 4.79 Å². The van der Waals surface area contributed by atoms with Crippen LogP contribution in [-0.2, 0) is 6.54 Å². The maximum absolute atomic E-state index is 12.6. The molecule has 1 aromatic carbocycles. The molecule has 0 spiro atoms. The maximum atomic E-state index is 12.6. The Hall–Kier alpha value is -1.39. The van der Waals surface area contributed by atoms with Crippen molar-refractivity contribution in [2.24, 2.45) is 5.73 Å². The molecule has 0 bridgehead atoms. The van der Waals surface area contributed by atoms with Gasteiger partial charge in [0, 0.05) is 37.8 Å². The topological polar surface area (TPSA) is 49.6 Å². The smallest absolute Gasteiger partial charge is 0.253 e. The molecule has 20 heavy (non-hydrogen) atoms. The van der Waals surface area contributed by atoms with Crippen LogP contribution in [0.25, 0.3) is 0 Å². The first-order chi connectivity index (χ1) is 9.78. The van der Waals surface area contributed by atoms with Gasteiger partial charge < -0.3 is 10.6 Å². The van der Waals surface area contributed by atoms with Crippen LogP contribution in [0.1, 0.15) is 35.2 Å². The molecule has 0 aromatic heterocycles. The number of carbonyl (C=O) groups excluding carboxylic acids is 1. The number of benzene rings is 1. The Morgan fingerprint density at radius 1 is 1.15 bits per heavy atom. The number of amides is 1. The summed E-state index contributed by atoms with van der Waals surface area (Å²) < 4.78 is 0. The van der Waals surface area contributed by atoms with Crippen molar-refractivity contribution in [3.8, 4) is 0 Å². The van der Waals surface area contributed by atoms with Gasteiger partial charge in [-0.25, -0.2) is 0 Å². The van der Waals surface area contributed by atoms with Crippen LogP contribution >= 0.6 is 0 Å². The van der Waals surface area contributed by atoms with Crippen LogP contribution in [0.3, 0.4) is 0 Å². The van der Waals surface area contributed by atoms with Gasteiger partial charge in [-0.1, -0.05) is 12.1 Å². The van der Waals surface area contributed by atoms with Crippen LogP contribution in [0.15, 0.2) is 24.3 Å². The average molecular weight is 273 g/mol. The summed E-state index contributed by atoms with van der Waals surface area (Å²) in [4.78, 5) is 17.2. The van der Waals surface area contributed by atoms with Gasteiger partial charge in [0.2, 0.25) is 0 Å². The number of hydrogen-bond donors (Lipinski definition) is 1. The van der Waals surface area contributed by atoms with Gasteiger partial charge in [0.1, 0.15) is 0 Å². The van der Waals surface area contributed by atoms with E-state index in [1.807, 2.05) is 29.2 Å². The van der Waals surface area contributed by atoms with E-state index in [2.05, 4.69) is 4.90 Å². The first-order valence-corrected chi connectivity index (χ1v) is 7.60. The molecule has 108 valence electrons. The van der Waals surface area contributed by atoms with Crippen molar-refractivity contribution in [2.75, 3.05) is 26.2 Å². The molecule has 4 heteroatoms. The fraction of sp³-hybridized carbons (Fsp3) is 0.562. The van der Waals surface area contributed by atoms with Gasteiger partial charge in [0.25, 0.3) is 5.91 Å². The Morgan fingerprint density at radius 2 is 1.90 bits per heavy atom. The van der Waals surface area contributed by atoms with Crippen molar-refractivity contribution in [2.45, 2.75) is 31.8 Å². The first-order valence-electron chi connectivity index (χ1n) is 7.60. The summed E-state index contributed by atoms with van der Waals surface area (Å²) >= 11 is 0. The molecule has 2 aliphatic rings. The van der Waals surface area contributed by atoms with E-state index < -0.39 is 0 Å². The SMILES string of the molecule is NCc1ccc(C(=O)N2CCCN3CCCC3C2)cc1. The van der Waals surface area contributed by atoms with Crippen molar-refractivity contribution >= 4 is 5.91 Å². The zero-order valence-corrected chi connectivity index (χ0v) is 11.9. The molecule has 0 saturated carbocycles. The minimum Gasteiger partial charge on any atom is -0.337 e. The van der Waals surface area contributed by atoms with Crippen LogP contribution in [0.5, 0.6) is 0 Å². The second-order valence-electron chi connectivity index (χ2n) is 5.84. The number of fused-ring (bicyclic) bond motifs is 1. The second kappa shape index (κ2) is 5.94. The predicted octanol–water partition coefficient (Wildman–Crippen LogP) is 1.46. The molecule has 2 fully saturated rings. The van der Waals surface area contributed by atoms with E-state index in [0.717, 1.165) is 37.2 Å². The second-order valence-corrected chi connectivity index (χ2v) is 5.84. The third kappa shape index (κ3) is 2.72. The third-order valence-electron chi connectivity index (χ3n) is 4.53. The van der Waals surface area contributed by atoms with Gasteiger partial charge in [-0.2, -0.15) is 0 Å². The fourth-order valence-electron chi connectivity index (χ4n) is 3.36. The summed E-state index contributed by atoms with van der Waals surface area (Å²) in [6, 6.07) is 8.29. The zero-order valence-electron chi connectivity index (χ0n) is 11.9. The molecule has 2 N–H and O–H groups in total. The summed E-state index contributed by atoms with van der Waals surface area (Å²) in [6.45, 7) is 4.63. The van der Waals surface area contributed by atoms with Crippen LogP contribution in [0.2, 0.25) is 0 Å². The monoisotopic (exact) mass is 273 g/mol. The van der Waals surface area contributed by atoms with Gasteiger partial charge in [0.15, 0.2) is 0 Å². The highest BCUT2D eigenvalue weighted by molar-refractivity contribution is 5.94. The van der Waals surface area contributed by atoms with Crippen molar-refractivity contribution in [3.63, 3.8) is 0 Å². The van der Waals surface area contributed by atoms with Gasteiger partial charge >= 0.3 is 0 Å². The van der Waals surface area contributed by atoms with Gasteiger partial charge in [0.05, 0.1) is 0 Å². The van der Waals surface area contributed by atoms with Crippen LogP contribution in [0, 0.1) is 0 Å². The predicted molar refractivity (Wildman–Crippen MR) is 79.4 cm³/mol. The lowest BCUT2D eigenvalue weighted by Crippen LogP contribution is -2.39. The highest BCUT2D eigenvalue weighted by atomic mass is 16.2. The average Bonchev–Trinajstić information content (AvgIpc) is 2.83.